The summed E-state index contributed by atoms with van der Waals surface area (Å²) in [6, 6.07) is 19.7. The van der Waals surface area contributed by atoms with E-state index in [9.17, 15) is 9.90 Å². The minimum absolute atomic E-state index is 0.101. The van der Waals surface area contributed by atoms with Crippen molar-refractivity contribution >= 4 is 29.1 Å². The van der Waals surface area contributed by atoms with Crippen molar-refractivity contribution < 1.29 is 14.6 Å². The molecule has 3 aromatic rings. The summed E-state index contributed by atoms with van der Waals surface area (Å²) in [5.41, 5.74) is 1.99. The van der Waals surface area contributed by atoms with E-state index in [-0.39, 0.29) is 5.75 Å². The second-order valence-electron chi connectivity index (χ2n) is 4.45. The summed E-state index contributed by atoms with van der Waals surface area (Å²) in [4.78, 5) is 10.6. The smallest absolute Gasteiger partial charge is 0.303 e. The molecule has 0 fully saturated rings. The molecule has 3 rings (SSSR count). The molecule has 0 atom stereocenters. The van der Waals surface area contributed by atoms with E-state index in [0.29, 0.717) is 4.34 Å². The van der Waals surface area contributed by atoms with Gasteiger partial charge in [0.15, 0.2) is 0 Å². The second kappa shape index (κ2) is 6.72. The Bertz CT molecular complexity index is 716. The normalized spacial score (nSPS) is 10.5. The van der Waals surface area contributed by atoms with E-state index in [1.165, 1.54) is 23.1 Å². The number of carboxylic acids is 1. The number of carboxylic acid groups (broad SMARTS) is 1. The Labute approximate surface area is 136 Å². The molecule has 1 heterocycles. The van der Waals surface area contributed by atoms with Crippen LogP contribution in [0.1, 0.15) is 0 Å². The van der Waals surface area contributed by atoms with Crippen LogP contribution in [0, 0.1) is 0 Å². The Morgan fingerprint density at radius 3 is 2.36 bits per heavy atom. The number of aromatic nitrogens is 2. The van der Waals surface area contributed by atoms with Gasteiger partial charge in [-0.15, -0.1) is 0 Å². The van der Waals surface area contributed by atoms with Crippen LogP contribution < -0.4 is 9.79 Å². The predicted octanol–water partition coefficient (Wildman–Crippen LogP) is 1.93. The first-order valence-corrected chi connectivity index (χ1v) is 8.41. The highest BCUT2D eigenvalue weighted by molar-refractivity contribution is 8.01. The maximum atomic E-state index is 10.6. The number of aliphatic carboxylic acids is 1. The van der Waals surface area contributed by atoms with Crippen molar-refractivity contribution in [3.63, 3.8) is 0 Å². The molecule has 0 saturated heterocycles. The average Bonchev–Trinajstić information content (AvgIpc) is 2.99. The van der Waals surface area contributed by atoms with Crippen LogP contribution in [0.25, 0.3) is 16.3 Å². The van der Waals surface area contributed by atoms with Gasteiger partial charge < -0.3 is 9.90 Å². The summed E-state index contributed by atoms with van der Waals surface area (Å²) in [6.45, 7) is 0. The van der Waals surface area contributed by atoms with Gasteiger partial charge in [-0.2, -0.15) is 0 Å². The lowest BCUT2D eigenvalue weighted by Crippen LogP contribution is -2.34. The minimum Gasteiger partial charge on any atom is -0.549 e. The van der Waals surface area contributed by atoms with Gasteiger partial charge in [0.2, 0.25) is 10.0 Å². The second-order valence-corrected chi connectivity index (χ2v) is 6.65. The molecule has 0 amide bonds. The van der Waals surface area contributed by atoms with Crippen molar-refractivity contribution in [2.24, 2.45) is 0 Å². The van der Waals surface area contributed by atoms with Crippen LogP contribution >= 0.6 is 23.1 Å². The number of hydrogen-bond acceptors (Lipinski definition) is 5. The minimum atomic E-state index is -1.09. The van der Waals surface area contributed by atoms with Crippen molar-refractivity contribution in [3.8, 4) is 16.3 Å². The molecule has 4 nitrogen and oxygen atoms in total. The van der Waals surface area contributed by atoms with Crippen molar-refractivity contribution in [3.05, 3.63) is 60.7 Å². The monoisotopic (exact) mass is 328 g/mol. The lowest BCUT2D eigenvalue weighted by Gasteiger charge is -1.94. The van der Waals surface area contributed by atoms with Gasteiger partial charge in [-0.1, -0.05) is 48.2 Å². The molecule has 22 heavy (non-hydrogen) atoms. The van der Waals surface area contributed by atoms with E-state index in [2.05, 4.69) is 5.10 Å². The number of thioether (sulfide) groups is 1. The SMILES string of the molecule is O=C([O-])CSc1n[n+](-c2ccccc2)c(-c2ccccc2)s1. The van der Waals surface area contributed by atoms with Crippen LogP contribution in [0.5, 0.6) is 0 Å². The van der Waals surface area contributed by atoms with Gasteiger partial charge in [-0.3, -0.25) is 0 Å². The van der Waals surface area contributed by atoms with Crippen molar-refractivity contribution in [1.82, 2.24) is 5.10 Å². The Balaban J connectivity index is 2.04. The fourth-order valence-corrected chi connectivity index (χ4v) is 3.76. The number of nitrogens with zero attached hydrogens (tertiary/aromatic N) is 2. The number of hydrogen-bond donors (Lipinski definition) is 0. The van der Waals surface area contributed by atoms with Gasteiger partial charge in [0.05, 0.1) is 11.5 Å². The largest absolute Gasteiger partial charge is 0.549 e. The van der Waals surface area contributed by atoms with Crippen molar-refractivity contribution in [2.75, 3.05) is 5.75 Å². The maximum Gasteiger partial charge on any atom is 0.303 e. The van der Waals surface area contributed by atoms with Crippen LogP contribution in [0.15, 0.2) is 65.0 Å². The van der Waals surface area contributed by atoms with E-state index in [4.69, 9.17) is 0 Å². The molecule has 110 valence electrons. The molecular weight excluding hydrogens is 316 g/mol. The van der Waals surface area contributed by atoms with Crippen LogP contribution in [0.3, 0.4) is 0 Å². The van der Waals surface area contributed by atoms with Crippen molar-refractivity contribution in [2.45, 2.75) is 4.34 Å². The quantitative estimate of drug-likeness (QED) is 0.530. The lowest BCUT2D eigenvalue weighted by molar-refractivity contribution is -0.646. The Kier molecular flexibility index (Phi) is 4.50. The number of rotatable bonds is 5. The lowest BCUT2D eigenvalue weighted by atomic mass is 10.2. The number of benzene rings is 2. The van der Waals surface area contributed by atoms with Gasteiger partial charge in [0.1, 0.15) is 0 Å². The zero-order chi connectivity index (χ0) is 15.4. The fraction of sp³-hybridized carbons (Fsp3) is 0.0625. The summed E-state index contributed by atoms with van der Waals surface area (Å²) in [6.07, 6.45) is 0. The van der Waals surface area contributed by atoms with E-state index in [1.54, 1.807) is 0 Å². The molecule has 0 saturated carbocycles. The molecule has 0 aliphatic rings. The summed E-state index contributed by atoms with van der Waals surface area (Å²) in [5, 5.41) is 16.1. The van der Waals surface area contributed by atoms with Gasteiger partial charge >= 0.3 is 5.01 Å². The van der Waals surface area contributed by atoms with E-state index in [0.717, 1.165) is 16.3 Å². The molecule has 6 heteroatoms. The van der Waals surface area contributed by atoms with E-state index < -0.39 is 5.97 Å². The first-order valence-electron chi connectivity index (χ1n) is 6.61. The molecule has 1 aromatic heterocycles. The molecule has 0 aliphatic carbocycles. The van der Waals surface area contributed by atoms with Gasteiger partial charge in [-0.25, -0.2) is 0 Å². The molecule has 0 spiro atoms. The van der Waals surface area contributed by atoms with Crippen LogP contribution in [0.2, 0.25) is 0 Å². The maximum absolute atomic E-state index is 10.6. The molecule has 0 N–H and O–H groups in total. The van der Waals surface area contributed by atoms with Gasteiger partial charge in [0.25, 0.3) is 0 Å². The third-order valence-electron chi connectivity index (χ3n) is 2.89. The average molecular weight is 328 g/mol. The molecule has 0 unspecified atom stereocenters. The van der Waals surface area contributed by atoms with E-state index >= 15 is 0 Å². The molecular formula is C16H12N2O2S2. The van der Waals surface area contributed by atoms with Crippen LogP contribution in [0.4, 0.5) is 0 Å². The van der Waals surface area contributed by atoms with E-state index in [1.807, 2.05) is 65.3 Å². The Morgan fingerprint density at radius 2 is 1.73 bits per heavy atom. The van der Waals surface area contributed by atoms with Crippen LogP contribution in [-0.2, 0) is 4.79 Å². The molecule has 0 bridgehead atoms. The highest BCUT2D eigenvalue weighted by atomic mass is 32.2. The van der Waals surface area contributed by atoms with Crippen molar-refractivity contribution in [1.29, 1.82) is 0 Å². The zero-order valence-corrected chi connectivity index (χ0v) is 13.1. The number of para-hydroxylation sites is 1. The highest BCUT2D eigenvalue weighted by Gasteiger charge is 2.23. The number of carbonyl (C=O) groups excluding carboxylic acids is 1. The topological polar surface area (TPSA) is 56.9 Å². The number of carbonyl (C=O) groups is 1. The Morgan fingerprint density at radius 1 is 1.09 bits per heavy atom. The fourth-order valence-electron chi connectivity index (χ4n) is 1.96. The zero-order valence-electron chi connectivity index (χ0n) is 11.5. The van der Waals surface area contributed by atoms with Crippen LogP contribution in [-0.4, -0.2) is 16.8 Å². The summed E-state index contributed by atoms with van der Waals surface area (Å²) < 4.78 is 2.55. The predicted molar refractivity (Wildman–Crippen MR) is 84.8 cm³/mol. The summed E-state index contributed by atoms with van der Waals surface area (Å²) in [7, 11) is 0. The van der Waals surface area contributed by atoms with Gasteiger partial charge in [-0.05, 0) is 28.2 Å². The standard InChI is InChI=1S/C16H12N2O2S2/c19-14(20)11-21-16-17-18(13-9-5-2-6-10-13)15(22-16)12-7-3-1-4-8-12/h1-10H,11H2. The highest BCUT2D eigenvalue weighted by Crippen LogP contribution is 2.29. The molecule has 0 radical (unpaired) electrons. The summed E-state index contributed by atoms with van der Waals surface area (Å²) >= 11 is 2.65. The Hall–Kier alpha value is -2.18. The third-order valence-corrected chi connectivity index (χ3v) is 5.06. The first-order chi connectivity index (χ1) is 10.7. The molecule has 0 aliphatic heterocycles. The summed E-state index contributed by atoms with van der Waals surface area (Å²) in [5.74, 6) is -1.19. The molecule has 2 aromatic carbocycles. The van der Waals surface area contributed by atoms with Gasteiger partial charge in [0, 0.05) is 23.0 Å². The first kappa shape index (κ1) is 14.7. The third kappa shape index (κ3) is 3.35.